The van der Waals surface area contributed by atoms with Crippen LogP contribution in [0.5, 0.6) is 0 Å². The number of nitrogens with zero attached hydrogens (tertiary/aromatic N) is 3. The van der Waals surface area contributed by atoms with Crippen LogP contribution in [-0.4, -0.2) is 38.7 Å². The van der Waals surface area contributed by atoms with E-state index in [0.717, 1.165) is 24.9 Å². The Morgan fingerprint density at radius 3 is 2.62 bits per heavy atom. The predicted octanol–water partition coefficient (Wildman–Crippen LogP) is 1.75. The Bertz CT molecular complexity index is 512. The standard InChI is InChI=1S/C15H23N3O3/c1-3-18-10-11(8-16-18)9-17(2)14(19)12-6-4-5-7-13(12)15(20)21/h8,10,12-13H,3-7,9H2,1-2H3,(H,20,21)/t12-,13+/m1/s1. The first-order valence-corrected chi connectivity index (χ1v) is 7.52. The molecule has 1 aromatic heterocycles. The molecule has 1 aliphatic rings. The van der Waals surface area contributed by atoms with Gasteiger partial charge in [0, 0.05) is 31.9 Å². The predicted molar refractivity (Wildman–Crippen MR) is 77.5 cm³/mol. The van der Waals surface area contributed by atoms with Gasteiger partial charge in [-0.3, -0.25) is 14.3 Å². The summed E-state index contributed by atoms with van der Waals surface area (Å²) in [6, 6.07) is 0. The molecule has 1 aliphatic carbocycles. The Hall–Kier alpha value is -1.85. The summed E-state index contributed by atoms with van der Waals surface area (Å²) in [5.74, 6) is -1.83. The fourth-order valence-corrected chi connectivity index (χ4v) is 3.02. The fraction of sp³-hybridized carbons (Fsp3) is 0.667. The fourth-order valence-electron chi connectivity index (χ4n) is 3.02. The summed E-state index contributed by atoms with van der Waals surface area (Å²) in [6.07, 6.45) is 6.78. The molecule has 2 rings (SSSR count). The largest absolute Gasteiger partial charge is 0.481 e. The van der Waals surface area contributed by atoms with Crippen molar-refractivity contribution < 1.29 is 14.7 Å². The Morgan fingerprint density at radius 1 is 1.38 bits per heavy atom. The van der Waals surface area contributed by atoms with Gasteiger partial charge in [0.15, 0.2) is 0 Å². The molecule has 1 N–H and O–H groups in total. The maximum atomic E-state index is 12.5. The van der Waals surface area contributed by atoms with Crippen LogP contribution in [0.1, 0.15) is 38.2 Å². The number of carbonyl (C=O) groups excluding carboxylic acids is 1. The number of aliphatic carboxylic acids is 1. The van der Waals surface area contributed by atoms with Crippen molar-refractivity contribution in [1.82, 2.24) is 14.7 Å². The third-order valence-corrected chi connectivity index (χ3v) is 4.21. The van der Waals surface area contributed by atoms with Crippen molar-refractivity contribution in [3.05, 3.63) is 18.0 Å². The zero-order chi connectivity index (χ0) is 15.4. The lowest BCUT2D eigenvalue weighted by molar-refractivity contribution is -0.152. The number of hydrogen-bond acceptors (Lipinski definition) is 3. The van der Waals surface area contributed by atoms with E-state index in [4.69, 9.17) is 0 Å². The van der Waals surface area contributed by atoms with Gasteiger partial charge in [0.25, 0.3) is 0 Å². The second-order valence-electron chi connectivity index (χ2n) is 5.73. The van der Waals surface area contributed by atoms with E-state index in [2.05, 4.69) is 5.10 Å². The van der Waals surface area contributed by atoms with Gasteiger partial charge in [-0.15, -0.1) is 0 Å². The van der Waals surface area contributed by atoms with Crippen molar-refractivity contribution in [1.29, 1.82) is 0 Å². The zero-order valence-electron chi connectivity index (χ0n) is 12.7. The summed E-state index contributed by atoms with van der Waals surface area (Å²) in [4.78, 5) is 25.5. The van der Waals surface area contributed by atoms with E-state index in [1.807, 2.05) is 17.8 Å². The van der Waals surface area contributed by atoms with E-state index in [9.17, 15) is 14.7 Å². The van der Waals surface area contributed by atoms with E-state index < -0.39 is 11.9 Å². The maximum Gasteiger partial charge on any atom is 0.307 e. The molecule has 1 aromatic rings. The van der Waals surface area contributed by atoms with Gasteiger partial charge < -0.3 is 10.0 Å². The van der Waals surface area contributed by atoms with E-state index in [-0.39, 0.29) is 11.8 Å². The number of rotatable bonds is 5. The van der Waals surface area contributed by atoms with Crippen molar-refractivity contribution in [2.45, 2.75) is 45.7 Å². The van der Waals surface area contributed by atoms with Crippen molar-refractivity contribution in [3.63, 3.8) is 0 Å². The number of carboxylic acids is 1. The molecular formula is C15H23N3O3. The summed E-state index contributed by atoms with van der Waals surface area (Å²) in [5.41, 5.74) is 0.968. The lowest BCUT2D eigenvalue weighted by atomic mass is 9.78. The molecule has 0 aromatic carbocycles. The smallest absolute Gasteiger partial charge is 0.307 e. The molecule has 0 radical (unpaired) electrons. The highest BCUT2D eigenvalue weighted by Crippen LogP contribution is 2.31. The van der Waals surface area contributed by atoms with Gasteiger partial charge in [-0.1, -0.05) is 12.8 Å². The van der Waals surface area contributed by atoms with Crippen molar-refractivity contribution in [2.24, 2.45) is 11.8 Å². The molecule has 0 aliphatic heterocycles. The van der Waals surface area contributed by atoms with Crippen LogP contribution in [-0.2, 0) is 22.7 Å². The van der Waals surface area contributed by atoms with Crippen LogP contribution in [0, 0.1) is 11.8 Å². The minimum Gasteiger partial charge on any atom is -0.481 e. The zero-order valence-corrected chi connectivity index (χ0v) is 12.7. The summed E-state index contributed by atoms with van der Waals surface area (Å²) in [7, 11) is 1.74. The second-order valence-corrected chi connectivity index (χ2v) is 5.73. The van der Waals surface area contributed by atoms with Crippen LogP contribution in [0.4, 0.5) is 0 Å². The lowest BCUT2D eigenvalue weighted by Gasteiger charge is -2.30. The molecule has 6 nitrogen and oxygen atoms in total. The third kappa shape index (κ3) is 3.62. The van der Waals surface area contributed by atoms with Crippen molar-refractivity contribution >= 4 is 11.9 Å². The number of carbonyl (C=O) groups is 2. The van der Waals surface area contributed by atoms with Crippen LogP contribution in [0.2, 0.25) is 0 Å². The molecule has 0 unspecified atom stereocenters. The number of aryl methyl sites for hydroxylation is 1. The molecule has 1 amide bonds. The first kappa shape index (κ1) is 15.5. The molecule has 116 valence electrons. The highest BCUT2D eigenvalue weighted by molar-refractivity contribution is 5.84. The van der Waals surface area contributed by atoms with E-state index in [0.29, 0.717) is 19.4 Å². The minimum atomic E-state index is -0.847. The van der Waals surface area contributed by atoms with E-state index in [1.165, 1.54) is 0 Å². The topological polar surface area (TPSA) is 75.4 Å². The quantitative estimate of drug-likeness (QED) is 0.897. The van der Waals surface area contributed by atoms with E-state index in [1.54, 1.807) is 18.1 Å². The number of amides is 1. The molecule has 1 saturated carbocycles. The Balaban J connectivity index is 2.01. The molecule has 1 heterocycles. The summed E-state index contributed by atoms with van der Waals surface area (Å²) < 4.78 is 1.81. The first-order valence-electron chi connectivity index (χ1n) is 7.52. The average molecular weight is 293 g/mol. The van der Waals surface area contributed by atoms with Crippen molar-refractivity contribution in [2.75, 3.05) is 7.05 Å². The molecular weight excluding hydrogens is 270 g/mol. The second kappa shape index (κ2) is 6.74. The van der Waals surface area contributed by atoms with Gasteiger partial charge >= 0.3 is 5.97 Å². The van der Waals surface area contributed by atoms with Crippen LogP contribution in [0.3, 0.4) is 0 Å². The molecule has 1 fully saturated rings. The van der Waals surface area contributed by atoms with E-state index >= 15 is 0 Å². The van der Waals surface area contributed by atoms with Gasteiger partial charge in [-0.2, -0.15) is 5.10 Å². The van der Waals surface area contributed by atoms with Crippen LogP contribution < -0.4 is 0 Å². The van der Waals surface area contributed by atoms with Gasteiger partial charge in [0.2, 0.25) is 5.91 Å². The monoisotopic (exact) mass is 293 g/mol. The lowest BCUT2D eigenvalue weighted by Crippen LogP contribution is -2.40. The molecule has 6 heteroatoms. The van der Waals surface area contributed by atoms with Gasteiger partial charge in [-0.25, -0.2) is 0 Å². The number of hydrogen-bond donors (Lipinski definition) is 1. The Kier molecular flexibility index (Phi) is 4.98. The molecule has 0 saturated heterocycles. The Labute approximate surface area is 124 Å². The van der Waals surface area contributed by atoms with Crippen molar-refractivity contribution in [3.8, 4) is 0 Å². The van der Waals surface area contributed by atoms with Gasteiger partial charge in [-0.05, 0) is 19.8 Å². The maximum absolute atomic E-state index is 12.5. The molecule has 0 spiro atoms. The highest BCUT2D eigenvalue weighted by Gasteiger charge is 2.37. The first-order chi connectivity index (χ1) is 10.0. The SMILES string of the molecule is CCn1cc(CN(C)C(=O)[C@@H]2CCCC[C@@H]2C(=O)O)cn1. The van der Waals surface area contributed by atoms with Crippen LogP contribution in [0.25, 0.3) is 0 Å². The number of carboxylic acid groups (broad SMARTS) is 1. The van der Waals surface area contributed by atoms with Gasteiger partial charge in [0.1, 0.15) is 0 Å². The summed E-state index contributed by atoms with van der Waals surface area (Å²) >= 11 is 0. The molecule has 2 atom stereocenters. The molecule has 21 heavy (non-hydrogen) atoms. The molecule has 0 bridgehead atoms. The minimum absolute atomic E-state index is 0.0636. The highest BCUT2D eigenvalue weighted by atomic mass is 16.4. The Morgan fingerprint density at radius 2 is 2.05 bits per heavy atom. The third-order valence-electron chi connectivity index (χ3n) is 4.21. The normalized spacial score (nSPS) is 22.0. The average Bonchev–Trinajstić information content (AvgIpc) is 2.94. The van der Waals surface area contributed by atoms with Crippen LogP contribution >= 0.6 is 0 Å². The van der Waals surface area contributed by atoms with Crippen LogP contribution in [0.15, 0.2) is 12.4 Å². The van der Waals surface area contributed by atoms with Gasteiger partial charge in [0.05, 0.1) is 18.0 Å². The number of aromatic nitrogens is 2. The summed E-state index contributed by atoms with van der Waals surface area (Å²) in [6.45, 7) is 3.27. The summed E-state index contributed by atoms with van der Waals surface area (Å²) in [5, 5.41) is 13.5.